The Balaban J connectivity index is 1.95. The molecule has 22 heavy (non-hydrogen) atoms. The van der Waals surface area contributed by atoms with Crippen molar-refractivity contribution in [2.75, 3.05) is 17.2 Å². The molecule has 1 fully saturated rings. The second-order valence-electron chi connectivity index (χ2n) is 5.84. The molecule has 2 amide bonds. The van der Waals surface area contributed by atoms with Crippen LogP contribution in [0.5, 0.6) is 0 Å². The molecule has 1 unspecified atom stereocenters. The van der Waals surface area contributed by atoms with E-state index < -0.39 is 6.10 Å². The minimum atomic E-state index is -0.478. The average molecular weight is 304 g/mol. The quantitative estimate of drug-likeness (QED) is 0.813. The molecule has 0 bridgehead atoms. The van der Waals surface area contributed by atoms with Gasteiger partial charge in [-0.05, 0) is 50.3 Å². The Labute approximate surface area is 131 Å². The van der Waals surface area contributed by atoms with Crippen LogP contribution in [0.4, 0.5) is 11.4 Å². The van der Waals surface area contributed by atoms with Crippen LogP contribution < -0.4 is 10.6 Å². The van der Waals surface area contributed by atoms with E-state index in [1.807, 2.05) is 19.1 Å². The van der Waals surface area contributed by atoms with Crippen molar-refractivity contribution in [3.63, 3.8) is 0 Å². The van der Waals surface area contributed by atoms with Crippen molar-refractivity contribution in [1.29, 1.82) is 0 Å². The maximum atomic E-state index is 12.2. The van der Waals surface area contributed by atoms with Crippen LogP contribution in [0.2, 0.25) is 0 Å². The zero-order valence-corrected chi connectivity index (χ0v) is 13.4. The summed E-state index contributed by atoms with van der Waals surface area (Å²) in [6.07, 6.45) is 2.34. The molecule has 5 nitrogen and oxygen atoms in total. The molecule has 0 aromatic heterocycles. The third-order valence-electron chi connectivity index (χ3n) is 3.75. The molecule has 0 radical (unpaired) electrons. The van der Waals surface area contributed by atoms with Gasteiger partial charge in [0.15, 0.2) is 0 Å². The maximum absolute atomic E-state index is 12.2. The molecule has 120 valence electrons. The van der Waals surface area contributed by atoms with Crippen LogP contribution in [0.15, 0.2) is 18.2 Å². The summed E-state index contributed by atoms with van der Waals surface area (Å²) in [7, 11) is 0. The summed E-state index contributed by atoms with van der Waals surface area (Å²) in [6.45, 7) is 6.12. The lowest BCUT2D eigenvalue weighted by Gasteiger charge is -2.15. The van der Waals surface area contributed by atoms with E-state index in [4.69, 9.17) is 4.74 Å². The van der Waals surface area contributed by atoms with Gasteiger partial charge in [-0.15, -0.1) is 0 Å². The second kappa shape index (κ2) is 7.40. The molecule has 0 spiro atoms. The van der Waals surface area contributed by atoms with Gasteiger partial charge in [-0.3, -0.25) is 9.59 Å². The largest absolute Gasteiger partial charge is 0.368 e. The normalized spacial score (nSPS) is 15.2. The number of benzene rings is 1. The fourth-order valence-corrected chi connectivity index (χ4v) is 1.96. The van der Waals surface area contributed by atoms with Crippen LogP contribution in [0.1, 0.15) is 38.7 Å². The highest BCUT2D eigenvalue weighted by molar-refractivity contribution is 5.96. The number of carbonyl (C=O) groups is 2. The van der Waals surface area contributed by atoms with E-state index in [2.05, 4.69) is 10.6 Å². The maximum Gasteiger partial charge on any atom is 0.253 e. The fourth-order valence-electron chi connectivity index (χ4n) is 1.96. The minimum absolute atomic E-state index is 0.0535. The van der Waals surface area contributed by atoms with E-state index in [-0.39, 0.29) is 11.8 Å². The summed E-state index contributed by atoms with van der Waals surface area (Å²) in [6, 6.07) is 5.47. The summed E-state index contributed by atoms with van der Waals surface area (Å²) in [5, 5.41) is 5.66. The Bertz CT molecular complexity index is 553. The first kappa shape index (κ1) is 16.5. The number of hydrogen-bond acceptors (Lipinski definition) is 3. The smallest absolute Gasteiger partial charge is 0.253 e. The Kier molecular flexibility index (Phi) is 5.55. The van der Waals surface area contributed by atoms with Gasteiger partial charge in [0.05, 0.1) is 6.61 Å². The van der Waals surface area contributed by atoms with Gasteiger partial charge >= 0.3 is 0 Å². The highest BCUT2D eigenvalue weighted by Gasteiger charge is 2.24. The zero-order chi connectivity index (χ0) is 16.1. The van der Waals surface area contributed by atoms with Crippen LogP contribution in [0.25, 0.3) is 0 Å². The van der Waals surface area contributed by atoms with E-state index in [9.17, 15) is 9.59 Å². The summed E-state index contributed by atoms with van der Waals surface area (Å²) in [5.74, 6) is 0.412. The van der Waals surface area contributed by atoms with Crippen LogP contribution in [-0.2, 0) is 14.3 Å². The zero-order valence-electron chi connectivity index (χ0n) is 13.4. The highest BCUT2D eigenvalue weighted by atomic mass is 16.5. The molecule has 1 saturated carbocycles. The number of nitrogens with one attached hydrogen (secondary N) is 2. The molecule has 2 N–H and O–H groups in total. The van der Waals surface area contributed by atoms with E-state index in [0.717, 1.165) is 5.56 Å². The number of anilines is 2. The number of aryl methyl sites for hydroxylation is 1. The molecule has 1 aliphatic carbocycles. The molecular formula is C17H24N2O3. The molecule has 0 saturated heterocycles. The van der Waals surface area contributed by atoms with Crippen LogP contribution in [0.3, 0.4) is 0 Å². The van der Waals surface area contributed by atoms with Gasteiger partial charge in [-0.1, -0.05) is 13.0 Å². The van der Waals surface area contributed by atoms with Crippen LogP contribution in [0, 0.1) is 12.8 Å². The molecule has 1 aliphatic rings. The third kappa shape index (κ3) is 4.84. The van der Waals surface area contributed by atoms with Crippen molar-refractivity contribution >= 4 is 23.2 Å². The van der Waals surface area contributed by atoms with Gasteiger partial charge in [0.2, 0.25) is 5.91 Å². The molecule has 5 heteroatoms. The van der Waals surface area contributed by atoms with Gasteiger partial charge < -0.3 is 15.4 Å². The monoisotopic (exact) mass is 304 g/mol. The lowest BCUT2D eigenvalue weighted by atomic mass is 10.1. The first-order chi connectivity index (χ1) is 10.5. The average Bonchev–Trinajstić information content (AvgIpc) is 3.32. The summed E-state index contributed by atoms with van der Waals surface area (Å²) < 4.78 is 5.57. The number of ether oxygens (including phenoxy) is 1. The first-order valence-corrected chi connectivity index (χ1v) is 7.82. The van der Waals surface area contributed by atoms with Crippen molar-refractivity contribution in [3.05, 3.63) is 23.8 Å². The summed E-state index contributed by atoms with van der Waals surface area (Å²) in [5.41, 5.74) is 2.32. The van der Waals surface area contributed by atoms with Gasteiger partial charge in [0.25, 0.3) is 5.91 Å². The summed E-state index contributed by atoms with van der Waals surface area (Å²) in [4.78, 5) is 23.6. The Morgan fingerprint density at radius 1 is 1.32 bits per heavy atom. The fraction of sp³-hybridized carbons (Fsp3) is 0.529. The highest BCUT2D eigenvalue weighted by Crippen LogP contribution is 2.29. The van der Waals surface area contributed by atoms with Gasteiger partial charge in [0.1, 0.15) is 6.10 Å². The molecule has 1 aromatic rings. The topological polar surface area (TPSA) is 67.4 Å². The number of hydrogen-bond donors (Lipinski definition) is 2. The third-order valence-corrected chi connectivity index (χ3v) is 3.75. The van der Waals surface area contributed by atoms with Gasteiger partial charge in [-0.25, -0.2) is 0 Å². The number of carbonyl (C=O) groups excluding carboxylic acids is 2. The summed E-state index contributed by atoms with van der Waals surface area (Å²) >= 11 is 0. The molecule has 2 rings (SSSR count). The first-order valence-electron chi connectivity index (χ1n) is 7.82. The van der Waals surface area contributed by atoms with E-state index >= 15 is 0 Å². The molecule has 1 aromatic carbocycles. The SMILES string of the molecule is CCC(=O)Nc1ccc(C)c(NC(=O)C(C)OCC2CC2)c1. The van der Waals surface area contributed by atoms with E-state index in [1.54, 1.807) is 19.9 Å². The van der Waals surface area contributed by atoms with Gasteiger partial charge in [0, 0.05) is 17.8 Å². The van der Waals surface area contributed by atoms with Crippen LogP contribution >= 0.6 is 0 Å². The number of rotatable bonds is 7. The molecular weight excluding hydrogens is 280 g/mol. The van der Waals surface area contributed by atoms with Crippen molar-refractivity contribution in [2.45, 2.75) is 46.1 Å². The van der Waals surface area contributed by atoms with Crippen molar-refractivity contribution in [2.24, 2.45) is 5.92 Å². The Morgan fingerprint density at radius 3 is 2.68 bits per heavy atom. The van der Waals surface area contributed by atoms with Crippen molar-refractivity contribution in [1.82, 2.24) is 0 Å². The van der Waals surface area contributed by atoms with Crippen molar-refractivity contribution < 1.29 is 14.3 Å². The van der Waals surface area contributed by atoms with E-state index in [1.165, 1.54) is 12.8 Å². The minimum Gasteiger partial charge on any atom is -0.368 e. The lowest BCUT2D eigenvalue weighted by Crippen LogP contribution is -2.28. The molecule has 1 atom stereocenters. The second-order valence-corrected chi connectivity index (χ2v) is 5.84. The molecule has 0 heterocycles. The predicted molar refractivity (Wildman–Crippen MR) is 86.9 cm³/mol. The van der Waals surface area contributed by atoms with Crippen molar-refractivity contribution in [3.8, 4) is 0 Å². The van der Waals surface area contributed by atoms with Crippen LogP contribution in [-0.4, -0.2) is 24.5 Å². The Hall–Kier alpha value is -1.88. The van der Waals surface area contributed by atoms with E-state index in [0.29, 0.717) is 30.3 Å². The Morgan fingerprint density at radius 2 is 2.05 bits per heavy atom. The van der Waals surface area contributed by atoms with Gasteiger partial charge in [-0.2, -0.15) is 0 Å². The predicted octanol–water partition coefficient (Wildman–Crippen LogP) is 3.10. The molecule has 0 aliphatic heterocycles. The lowest BCUT2D eigenvalue weighted by molar-refractivity contribution is -0.126. The number of amides is 2. The standard InChI is InChI=1S/C17H24N2O3/c1-4-16(20)18-14-8-5-11(2)15(9-14)19-17(21)12(3)22-10-13-6-7-13/h5,8-9,12-13H,4,6-7,10H2,1-3H3,(H,18,20)(H,19,21).